The lowest BCUT2D eigenvalue weighted by Gasteiger charge is -2.24. The van der Waals surface area contributed by atoms with Crippen LogP contribution in [0.25, 0.3) is 0 Å². The molecule has 2 rings (SSSR count). The van der Waals surface area contributed by atoms with Crippen LogP contribution < -0.4 is 5.32 Å². The van der Waals surface area contributed by atoms with E-state index in [0.29, 0.717) is 13.0 Å². The molecule has 2 N–H and O–H groups in total. The van der Waals surface area contributed by atoms with Gasteiger partial charge in [0.05, 0.1) is 24.7 Å². The minimum atomic E-state index is -1.11. The number of carbonyl (C=O) groups is 1. The van der Waals surface area contributed by atoms with Crippen LogP contribution in [0.1, 0.15) is 31.9 Å². The number of aliphatic hydroxyl groups excluding tert-OH is 1. The van der Waals surface area contributed by atoms with Crippen LogP contribution in [0.3, 0.4) is 0 Å². The number of ether oxygens (including phenoxy) is 1. The predicted octanol–water partition coefficient (Wildman–Crippen LogP) is 2.18. The van der Waals surface area contributed by atoms with E-state index in [1.54, 1.807) is 0 Å². The van der Waals surface area contributed by atoms with Gasteiger partial charge in [-0.05, 0) is 24.5 Å². The van der Waals surface area contributed by atoms with Crippen molar-refractivity contribution < 1.29 is 23.4 Å². The molecule has 0 bridgehead atoms. The number of carbonyl (C=O) groups excluding carboxylic acids is 1. The molecular formula is C16H21F2NO3. The van der Waals surface area contributed by atoms with Crippen LogP contribution in [0.4, 0.5) is 8.78 Å². The van der Waals surface area contributed by atoms with E-state index in [4.69, 9.17) is 4.74 Å². The van der Waals surface area contributed by atoms with Crippen LogP contribution >= 0.6 is 0 Å². The first-order chi connectivity index (χ1) is 10.5. The highest BCUT2D eigenvalue weighted by atomic mass is 19.1. The van der Waals surface area contributed by atoms with Crippen LogP contribution in [-0.4, -0.2) is 30.3 Å². The van der Waals surface area contributed by atoms with Gasteiger partial charge in [-0.2, -0.15) is 0 Å². The number of hydrogen-bond acceptors (Lipinski definition) is 3. The van der Waals surface area contributed by atoms with Gasteiger partial charge >= 0.3 is 0 Å². The Labute approximate surface area is 128 Å². The molecular weight excluding hydrogens is 292 g/mol. The summed E-state index contributed by atoms with van der Waals surface area (Å²) in [6, 6.07) is 2.33. The van der Waals surface area contributed by atoms with Crippen molar-refractivity contribution in [3.8, 4) is 0 Å². The van der Waals surface area contributed by atoms with Gasteiger partial charge in [0, 0.05) is 12.2 Å². The monoisotopic (exact) mass is 313 g/mol. The van der Waals surface area contributed by atoms with Crippen LogP contribution in [0, 0.1) is 23.5 Å². The minimum Gasteiger partial charge on any atom is -0.394 e. The topological polar surface area (TPSA) is 58.6 Å². The van der Waals surface area contributed by atoms with Crippen molar-refractivity contribution in [1.82, 2.24) is 5.32 Å². The van der Waals surface area contributed by atoms with Gasteiger partial charge in [0.15, 0.2) is 0 Å². The Morgan fingerprint density at radius 3 is 2.59 bits per heavy atom. The summed E-state index contributed by atoms with van der Waals surface area (Å²) in [7, 11) is 0. The number of rotatable bonds is 5. The van der Waals surface area contributed by atoms with E-state index in [-0.39, 0.29) is 29.4 Å². The fraction of sp³-hybridized carbons (Fsp3) is 0.562. The molecule has 1 fully saturated rings. The van der Waals surface area contributed by atoms with Crippen molar-refractivity contribution in [3.05, 3.63) is 35.4 Å². The smallest absolute Gasteiger partial charge is 0.226 e. The molecule has 1 amide bonds. The highest BCUT2D eigenvalue weighted by Crippen LogP contribution is 2.28. The van der Waals surface area contributed by atoms with Crippen LogP contribution in [0.5, 0.6) is 0 Å². The number of halogens is 2. The zero-order valence-electron chi connectivity index (χ0n) is 12.7. The highest BCUT2D eigenvalue weighted by Gasteiger charge is 2.37. The maximum absolute atomic E-state index is 13.8. The molecule has 3 atom stereocenters. The number of nitrogens with one attached hydrogen (secondary N) is 1. The van der Waals surface area contributed by atoms with E-state index < -0.39 is 24.3 Å². The zero-order valence-corrected chi connectivity index (χ0v) is 12.7. The Balaban J connectivity index is 2.15. The van der Waals surface area contributed by atoms with Gasteiger partial charge in [0.1, 0.15) is 11.6 Å². The first-order valence-corrected chi connectivity index (χ1v) is 7.42. The van der Waals surface area contributed by atoms with Gasteiger partial charge in [-0.15, -0.1) is 0 Å². The van der Waals surface area contributed by atoms with Crippen molar-refractivity contribution in [3.63, 3.8) is 0 Å². The summed E-state index contributed by atoms with van der Waals surface area (Å²) in [6.45, 7) is 3.81. The number of hydrogen-bond donors (Lipinski definition) is 2. The van der Waals surface area contributed by atoms with Crippen molar-refractivity contribution in [1.29, 1.82) is 0 Å². The van der Waals surface area contributed by atoms with Gasteiger partial charge in [-0.3, -0.25) is 4.79 Å². The zero-order chi connectivity index (χ0) is 16.3. The van der Waals surface area contributed by atoms with Gasteiger partial charge in [-0.25, -0.2) is 8.78 Å². The second kappa shape index (κ2) is 7.15. The summed E-state index contributed by atoms with van der Waals surface area (Å²) < 4.78 is 33.1. The maximum atomic E-state index is 13.8. The van der Waals surface area contributed by atoms with E-state index in [1.165, 1.54) is 6.07 Å². The number of benzene rings is 1. The Morgan fingerprint density at radius 1 is 1.41 bits per heavy atom. The van der Waals surface area contributed by atoms with Crippen LogP contribution in [0.2, 0.25) is 0 Å². The molecule has 0 radical (unpaired) electrons. The SMILES string of the molecule is CC(C)C1OCCC1C(=O)NC(CO)c1c(F)cccc1F. The second-order valence-electron chi connectivity index (χ2n) is 5.85. The lowest BCUT2D eigenvalue weighted by molar-refractivity contribution is -0.128. The second-order valence-corrected chi connectivity index (χ2v) is 5.85. The normalized spacial score (nSPS) is 22.8. The lowest BCUT2D eigenvalue weighted by atomic mass is 9.91. The summed E-state index contributed by atoms with van der Waals surface area (Å²) in [4.78, 5) is 12.4. The third-order valence-electron chi connectivity index (χ3n) is 3.98. The predicted molar refractivity (Wildman–Crippen MR) is 77.0 cm³/mol. The van der Waals surface area contributed by atoms with Crippen molar-refractivity contribution in [2.24, 2.45) is 11.8 Å². The molecule has 3 unspecified atom stereocenters. The van der Waals surface area contributed by atoms with Gasteiger partial charge in [0.25, 0.3) is 0 Å². The summed E-state index contributed by atoms with van der Waals surface area (Å²) in [6.07, 6.45) is 0.344. The molecule has 1 aliphatic rings. The van der Waals surface area contributed by atoms with Gasteiger partial charge < -0.3 is 15.2 Å². The summed E-state index contributed by atoms with van der Waals surface area (Å²) in [5.41, 5.74) is -0.321. The minimum absolute atomic E-state index is 0.163. The number of amides is 1. The average molecular weight is 313 g/mol. The molecule has 1 aromatic rings. The lowest BCUT2D eigenvalue weighted by Crippen LogP contribution is -2.40. The molecule has 4 nitrogen and oxygen atoms in total. The standard InChI is InChI=1S/C16H21F2NO3/c1-9(2)15-10(6-7-22-15)16(21)19-13(8-20)14-11(17)4-3-5-12(14)18/h3-5,9-10,13,15,20H,6-8H2,1-2H3,(H,19,21). The Kier molecular flexibility index (Phi) is 5.47. The van der Waals surface area contributed by atoms with E-state index in [0.717, 1.165) is 12.1 Å². The molecule has 0 aliphatic carbocycles. The molecule has 22 heavy (non-hydrogen) atoms. The van der Waals surface area contributed by atoms with Crippen LogP contribution in [-0.2, 0) is 9.53 Å². The molecule has 1 aliphatic heterocycles. The third kappa shape index (κ3) is 3.44. The molecule has 122 valence electrons. The highest BCUT2D eigenvalue weighted by molar-refractivity contribution is 5.80. The van der Waals surface area contributed by atoms with E-state index in [2.05, 4.69) is 5.32 Å². The van der Waals surface area contributed by atoms with Crippen molar-refractivity contribution in [2.75, 3.05) is 13.2 Å². The average Bonchev–Trinajstić information content (AvgIpc) is 2.95. The molecule has 1 aromatic carbocycles. The summed E-state index contributed by atoms with van der Waals surface area (Å²) in [5.74, 6) is -2.14. The Hall–Kier alpha value is -1.53. The van der Waals surface area contributed by atoms with Crippen molar-refractivity contribution in [2.45, 2.75) is 32.4 Å². The summed E-state index contributed by atoms with van der Waals surface area (Å²) >= 11 is 0. The first kappa shape index (κ1) is 16.8. The quantitative estimate of drug-likeness (QED) is 0.876. The van der Waals surface area contributed by atoms with Crippen LogP contribution in [0.15, 0.2) is 18.2 Å². The first-order valence-electron chi connectivity index (χ1n) is 7.42. The van der Waals surface area contributed by atoms with E-state index >= 15 is 0 Å². The fourth-order valence-electron chi connectivity index (χ4n) is 2.88. The van der Waals surface area contributed by atoms with Gasteiger partial charge in [0.2, 0.25) is 5.91 Å². The molecule has 6 heteroatoms. The molecule has 0 aromatic heterocycles. The van der Waals surface area contributed by atoms with Crippen molar-refractivity contribution >= 4 is 5.91 Å². The summed E-state index contributed by atoms with van der Waals surface area (Å²) in [5, 5.41) is 12.0. The molecule has 0 spiro atoms. The molecule has 0 saturated carbocycles. The third-order valence-corrected chi connectivity index (χ3v) is 3.98. The number of aliphatic hydroxyl groups is 1. The van der Waals surface area contributed by atoms with E-state index in [1.807, 2.05) is 13.8 Å². The van der Waals surface area contributed by atoms with Gasteiger partial charge in [-0.1, -0.05) is 19.9 Å². The van der Waals surface area contributed by atoms with E-state index in [9.17, 15) is 18.7 Å². The fourth-order valence-corrected chi connectivity index (χ4v) is 2.88. The molecule has 1 heterocycles. The largest absolute Gasteiger partial charge is 0.394 e. The Bertz CT molecular complexity index is 516. The Morgan fingerprint density at radius 2 is 2.05 bits per heavy atom. The maximum Gasteiger partial charge on any atom is 0.226 e. The molecule has 1 saturated heterocycles.